The van der Waals surface area contributed by atoms with E-state index in [1.807, 2.05) is 0 Å². The van der Waals surface area contributed by atoms with E-state index in [4.69, 9.17) is 0 Å². The van der Waals surface area contributed by atoms with Crippen molar-refractivity contribution < 1.29 is 14.1 Å². The SMILES string of the molecule is CCOC(=O)c1c[nH]oc1=O. The highest BCUT2D eigenvalue weighted by Gasteiger charge is 2.12. The first-order valence-electron chi connectivity index (χ1n) is 3.09. The molecule has 0 fully saturated rings. The third kappa shape index (κ3) is 1.49. The fourth-order valence-electron chi connectivity index (χ4n) is 0.607. The predicted octanol–water partition coefficient (Wildman–Crippen LogP) is 0.145. The number of hydrogen-bond donors (Lipinski definition) is 1. The molecular weight excluding hydrogens is 150 g/mol. The Kier molecular flexibility index (Phi) is 2.10. The van der Waals surface area contributed by atoms with Gasteiger partial charge in [0.05, 0.1) is 12.8 Å². The maximum Gasteiger partial charge on any atom is 0.371 e. The van der Waals surface area contributed by atoms with Crippen LogP contribution >= 0.6 is 0 Å². The summed E-state index contributed by atoms with van der Waals surface area (Å²) in [5.41, 5.74) is -0.810. The van der Waals surface area contributed by atoms with Crippen molar-refractivity contribution >= 4 is 5.97 Å². The molecule has 0 aliphatic rings. The molecule has 1 N–H and O–H groups in total. The third-order valence-electron chi connectivity index (χ3n) is 1.07. The lowest BCUT2D eigenvalue weighted by Crippen LogP contribution is -2.12. The van der Waals surface area contributed by atoms with Gasteiger partial charge in [-0.05, 0) is 6.92 Å². The average molecular weight is 157 g/mol. The van der Waals surface area contributed by atoms with Crippen molar-refractivity contribution in [3.05, 3.63) is 22.2 Å². The second-order valence-corrected chi connectivity index (χ2v) is 1.79. The normalized spacial score (nSPS) is 9.55. The van der Waals surface area contributed by atoms with E-state index in [1.165, 1.54) is 6.20 Å². The Bertz CT molecular complexity index is 298. The Labute approximate surface area is 61.9 Å². The van der Waals surface area contributed by atoms with E-state index in [2.05, 4.69) is 14.4 Å². The van der Waals surface area contributed by atoms with Crippen LogP contribution in [0.3, 0.4) is 0 Å². The van der Waals surface area contributed by atoms with Gasteiger partial charge in [-0.2, -0.15) is 0 Å². The number of carbonyl (C=O) groups excluding carboxylic acids is 1. The molecule has 11 heavy (non-hydrogen) atoms. The largest absolute Gasteiger partial charge is 0.462 e. The Hall–Kier alpha value is -1.52. The van der Waals surface area contributed by atoms with E-state index >= 15 is 0 Å². The molecule has 0 atom stereocenters. The first-order chi connectivity index (χ1) is 5.25. The second-order valence-electron chi connectivity index (χ2n) is 1.79. The lowest BCUT2D eigenvalue weighted by molar-refractivity contribution is 0.0523. The summed E-state index contributed by atoms with van der Waals surface area (Å²) < 4.78 is 8.80. The molecule has 0 unspecified atom stereocenters. The number of carbonyl (C=O) groups is 1. The van der Waals surface area contributed by atoms with Gasteiger partial charge in [-0.25, -0.2) is 14.7 Å². The van der Waals surface area contributed by atoms with Crippen molar-refractivity contribution in [2.45, 2.75) is 6.92 Å². The molecule has 0 aliphatic carbocycles. The van der Waals surface area contributed by atoms with Gasteiger partial charge in [0, 0.05) is 0 Å². The van der Waals surface area contributed by atoms with Crippen molar-refractivity contribution in [3.63, 3.8) is 0 Å². The van der Waals surface area contributed by atoms with Crippen LogP contribution in [0.25, 0.3) is 0 Å². The molecule has 0 amide bonds. The summed E-state index contributed by atoms with van der Waals surface area (Å²) in [5, 5.41) is 2.15. The summed E-state index contributed by atoms with van der Waals surface area (Å²) in [6, 6.07) is 0. The summed E-state index contributed by atoms with van der Waals surface area (Å²) in [6.07, 6.45) is 1.17. The highest BCUT2D eigenvalue weighted by atomic mass is 16.5. The summed E-state index contributed by atoms with van der Waals surface area (Å²) in [6.45, 7) is 1.90. The zero-order valence-electron chi connectivity index (χ0n) is 5.92. The number of rotatable bonds is 2. The van der Waals surface area contributed by atoms with Crippen molar-refractivity contribution in [1.82, 2.24) is 5.16 Å². The average Bonchev–Trinajstić information content (AvgIpc) is 2.36. The van der Waals surface area contributed by atoms with Crippen LogP contribution in [0.15, 0.2) is 15.5 Å². The van der Waals surface area contributed by atoms with Crippen LogP contribution < -0.4 is 5.63 Å². The topological polar surface area (TPSA) is 72.3 Å². The van der Waals surface area contributed by atoms with E-state index in [1.54, 1.807) is 6.92 Å². The van der Waals surface area contributed by atoms with Crippen molar-refractivity contribution in [2.75, 3.05) is 6.61 Å². The number of aromatic amines is 1. The van der Waals surface area contributed by atoms with Crippen molar-refractivity contribution in [2.24, 2.45) is 0 Å². The molecule has 5 nitrogen and oxygen atoms in total. The first-order valence-corrected chi connectivity index (χ1v) is 3.09. The van der Waals surface area contributed by atoms with Gasteiger partial charge in [0.25, 0.3) is 0 Å². The van der Waals surface area contributed by atoms with Gasteiger partial charge < -0.3 is 9.26 Å². The van der Waals surface area contributed by atoms with Crippen LogP contribution in [0.1, 0.15) is 17.3 Å². The number of H-pyrrole nitrogens is 1. The molecule has 1 aromatic heterocycles. The minimum atomic E-state index is -0.705. The molecule has 60 valence electrons. The Morgan fingerprint density at radius 3 is 3.00 bits per heavy atom. The van der Waals surface area contributed by atoms with Crippen LogP contribution in [0.4, 0.5) is 0 Å². The van der Waals surface area contributed by atoms with Gasteiger partial charge in [0.1, 0.15) is 0 Å². The minimum Gasteiger partial charge on any atom is -0.462 e. The fourth-order valence-corrected chi connectivity index (χ4v) is 0.607. The van der Waals surface area contributed by atoms with E-state index in [-0.39, 0.29) is 12.2 Å². The molecule has 0 aromatic carbocycles. The number of aromatic nitrogens is 1. The Balaban J connectivity index is 2.85. The quantitative estimate of drug-likeness (QED) is 0.620. The third-order valence-corrected chi connectivity index (χ3v) is 1.07. The van der Waals surface area contributed by atoms with Crippen LogP contribution in [0.5, 0.6) is 0 Å². The molecule has 1 heterocycles. The molecule has 5 heteroatoms. The summed E-state index contributed by atoms with van der Waals surface area (Å²) in [5.74, 6) is -0.664. The molecule has 0 spiro atoms. The Morgan fingerprint density at radius 1 is 1.82 bits per heavy atom. The molecule has 0 aliphatic heterocycles. The van der Waals surface area contributed by atoms with Gasteiger partial charge in [0.15, 0.2) is 5.56 Å². The molecular formula is C6H7NO4. The Morgan fingerprint density at radius 2 is 2.55 bits per heavy atom. The highest BCUT2D eigenvalue weighted by Crippen LogP contribution is 1.91. The van der Waals surface area contributed by atoms with Crippen LogP contribution in [0.2, 0.25) is 0 Å². The maximum atomic E-state index is 10.8. The van der Waals surface area contributed by atoms with Crippen molar-refractivity contribution in [3.8, 4) is 0 Å². The number of hydrogen-bond acceptors (Lipinski definition) is 4. The van der Waals surface area contributed by atoms with Gasteiger partial charge in [0.2, 0.25) is 0 Å². The van der Waals surface area contributed by atoms with Crippen LogP contribution in [-0.2, 0) is 4.74 Å². The van der Waals surface area contributed by atoms with E-state index in [0.717, 1.165) is 0 Å². The molecule has 0 saturated carbocycles. The van der Waals surface area contributed by atoms with E-state index in [9.17, 15) is 9.59 Å². The van der Waals surface area contributed by atoms with Crippen LogP contribution in [-0.4, -0.2) is 17.7 Å². The molecule has 0 saturated heterocycles. The maximum absolute atomic E-state index is 10.8. The summed E-state index contributed by atoms with van der Waals surface area (Å²) in [4.78, 5) is 21.5. The highest BCUT2D eigenvalue weighted by molar-refractivity contribution is 5.88. The van der Waals surface area contributed by atoms with Gasteiger partial charge in [-0.1, -0.05) is 0 Å². The van der Waals surface area contributed by atoms with Gasteiger partial charge >= 0.3 is 11.6 Å². The summed E-state index contributed by atoms with van der Waals surface area (Å²) in [7, 11) is 0. The van der Waals surface area contributed by atoms with Gasteiger partial charge in [-0.3, -0.25) is 0 Å². The fraction of sp³-hybridized carbons (Fsp3) is 0.333. The van der Waals surface area contributed by atoms with E-state index < -0.39 is 11.6 Å². The molecule has 0 bridgehead atoms. The zero-order valence-corrected chi connectivity index (χ0v) is 5.92. The predicted molar refractivity (Wildman–Crippen MR) is 35.3 cm³/mol. The standard InChI is InChI=1S/C6H7NO4/c1-2-10-5(8)4-3-7-11-6(4)9/h3,7H,2H2,1H3. The molecule has 1 aromatic rings. The second kappa shape index (κ2) is 3.05. The molecule has 1 rings (SSSR count). The smallest absolute Gasteiger partial charge is 0.371 e. The minimum absolute atomic E-state index is 0.105. The lowest BCUT2D eigenvalue weighted by atomic mass is 10.4. The monoisotopic (exact) mass is 157 g/mol. The lowest BCUT2D eigenvalue weighted by Gasteiger charge is -1.94. The number of esters is 1. The van der Waals surface area contributed by atoms with Crippen molar-refractivity contribution in [1.29, 1.82) is 0 Å². The number of ether oxygens (including phenoxy) is 1. The van der Waals surface area contributed by atoms with Crippen LogP contribution in [0, 0.1) is 0 Å². The van der Waals surface area contributed by atoms with E-state index in [0.29, 0.717) is 0 Å². The zero-order chi connectivity index (χ0) is 8.27. The number of nitrogens with one attached hydrogen (secondary N) is 1. The molecule has 0 radical (unpaired) electrons. The first kappa shape index (κ1) is 7.59. The summed E-state index contributed by atoms with van der Waals surface area (Å²) >= 11 is 0. The van der Waals surface area contributed by atoms with Gasteiger partial charge in [-0.15, -0.1) is 0 Å².